The van der Waals surface area contributed by atoms with E-state index in [-0.39, 0.29) is 5.78 Å². The number of carbonyl (C=O) groups excluding carboxylic acids is 1. The van der Waals surface area contributed by atoms with Gasteiger partial charge in [-0.1, -0.05) is 12.1 Å². The molecular formula is C13H6Br2O2S. The highest BCUT2D eigenvalue weighted by Crippen LogP contribution is 2.34. The molecule has 2 nitrogen and oxygen atoms in total. The fraction of sp³-hybridized carbons (Fsp3) is 0. The van der Waals surface area contributed by atoms with Crippen LogP contribution in [-0.4, -0.2) is 5.78 Å². The lowest BCUT2D eigenvalue weighted by Gasteiger charge is -1.98. The maximum Gasteiger partial charge on any atom is 0.198 e. The number of rotatable bonds is 2. The van der Waals surface area contributed by atoms with Crippen molar-refractivity contribution in [3.63, 3.8) is 0 Å². The van der Waals surface area contributed by atoms with Crippen LogP contribution in [0.4, 0.5) is 0 Å². The Bertz CT molecular complexity index is 742. The highest BCUT2D eigenvalue weighted by Gasteiger charge is 2.19. The fourth-order valence-corrected chi connectivity index (χ4v) is 3.82. The largest absolute Gasteiger partial charge is 0.457 e. The molecule has 3 aromatic rings. The Morgan fingerprint density at radius 2 is 2.00 bits per heavy atom. The van der Waals surface area contributed by atoms with Gasteiger partial charge in [-0.3, -0.25) is 4.79 Å². The zero-order chi connectivity index (χ0) is 12.7. The second-order valence-electron chi connectivity index (χ2n) is 3.70. The minimum atomic E-state index is -0.0278. The van der Waals surface area contributed by atoms with Gasteiger partial charge in [0.1, 0.15) is 0 Å². The molecule has 1 aromatic carbocycles. The van der Waals surface area contributed by atoms with Crippen molar-refractivity contribution in [1.29, 1.82) is 0 Å². The van der Waals surface area contributed by atoms with Gasteiger partial charge in [-0.15, -0.1) is 11.3 Å². The van der Waals surface area contributed by atoms with Crippen LogP contribution in [0.5, 0.6) is 0 Å². The molecule has 0 amide bonds. The van der Waals surface area contributed by atoms with Gasteiger partial charge in [-0.25, -0.2) is 0 Å². The number of hydrogen-bond acceptors (Lipinski definition) is 3. The minimum absolute atomic E-state index is 0.0278. The Morgan fingerprint density at radius 1 is 1.17 bits per heavy atom. The molecule has 2 heterocycles. The molecule has 0 spiro atoms. The van der Waals surface area contributed by atoms with Gasteiger partial charge in [-0.2, -0.15) is 0 Å². The first-order valence-electron chi connectivity index (χ1n) is 5.12. The molecule has 90 valence electrons. The summed E-state index contributed by atoms with van der Waals surface area (Å²) in [7, 11) is 0. The number of carbonyl (C=O) groups is 1. The van der Waals surface area contributed by atoms with Crippen molar-refractivity contribution in [3.05, 3.63) is 56.2 Å². The first-order valence-corrected chi connectivity index (χ1v) is 7.58. The van der Waals surface area contributed by atoms with E-state index in [1.54, 1.807) is 17.4 Å². The van der Waals surface area contributed by atoms with Crippen molar-refractivity contribution in [2.24, 2.45) is 0 Å². The molecular weight excluding hydrogens is 380 g/mol. The maximum atomic E-state index is 12.4. The van der Waals surface area contributed by atoms with E-state index in [2.05, 4.69) is 31.9 Å². The number of ketones is 1. The number of thiophene rings is 1. The molecule has 0 aliphatic rings. The SMILES string of the molecule is O=C(c1ccoc1Br)c1csc2c(Br)cccc12. The molecule has 5 heteroatoms. The summed E-state index contributed by atoms with van der Waals surface area (Å²) in [4.78, 5) is 12.4. The second kappa shape index (κ2) is 4.64. The van der Waals surface area contributed by atoms with Crippen molar-refractivity contribution < 1.29 is 9.21 Å². The highest BCUT2D eigenvalue weighted by molar-refractivity contribution is 9.11. The van der Waals surface area contributed by atoms with E-state index in [4.69, 9.17) is 4.42 Å². The van der Waals surface area contributed by atoms with Crippen LogP contribution in [0.15, 0.2) is 49.5 Å². The molecule has 0 saturated carbocycles. The van der Waals surface area contributed by atoms with Crippen molar-refractivity contribution in [3.8, 4) is 0 Å². The molecule has 0 saturated heterocycles. The van der Waals surface area contributed by atoms with Gasteiger partial charge in [0.05, 0.1) is 11.8 Å². The number of furan rings is 1. The summed E-state index contributed by atoms with van der Waals surface area (Å²) < 4.78 is 7.68. The van der Waals surface area contributed by atoms with Crippen LogP contribution >= 0.6 is 43.2 Å². The first-order chi connectivity index (χ1) is 8.68. The standard InChI is InChI=1S/C13H6Br2O2S/c14-10-3-1-2-7-9(6-18-12(7)10)11(16)8-4-5-17-13(8)15/h1-6H. The zero-order valence-corrected chi connectivity index (χ0v) is 12.9. The molecule has 0 radical (unpaired) electrons. The van der Waals surface area contributed by atoms with E-state index in [0.29, 0.717) is 15.8 Å². The maximum absolute atomic E-state index is 12.4. The van der Waals surface area contributed by atoms with E-state index < -0.39 is 0 Å². The summed E-state index contributed by atoms with van der Waals surface area (Å²) in [6, 6.07) is 7.53. The van der Waals surface area contributed by atoms with Crippen LogP contribution < -0.4 is 0 Å². The van der Waals surface area contributed by atoms with Gasteiger partial charge in [0.15, 0.2) is 10.5 Å². The van der Waals surface area contributed by atoms with Crippen LogP contribution in [0.2, 0.25) is 0 Å². The van der Waals surface area contributed by atoms with E-state index in [1.165, 1.54) is 6.26 Å². The molecule has 0 aliphatic heterocycles. The van der Waals surface area contributed by atoms with Gasteiger partial charge < -0.3 is 4.42 Å². The third-order valence-corrected chi connectivity index (χ3v) is 5.23. The summed E-state index contributed by atoms with van der Waals surface area (Å²) in [6.45, 7) is 0. The Balaban J connectivity index is 2.19. The van der Waals surface area contributed by atoms with Gasteiger partial charge in [0, 0.05) is 25.5 Å². The van der Waals surface area contributed by atoms with Gasteiger partial charge in [0.2, 0.25) is 0 Å². The monoisotopic (exact) mass is 384 g/mol. The summed E-state index contributed by atoms with van der Waals surface area (Å²) in [5.74, 6) is -0.0278. The van der Waals surface area contributed by atoms with Crippen LogP contribution in [-0.2, 0) is 0 Å². The van der Waals surface area contributed by atoms with Crippen LogP contribution in [0.1, 0.15) is 15.9 Å². The average Bonchev–Trinajstić information content (AvgIpc) is 2.95. The predicted molar refractivity (Wildman–Crippen MR) is 79.4 cm³/mol. The van der Waals surface area contributed by atoms with Crippen molar-refractivity contribution >= 4 is 59.1 Å². The number of hydrogen-bond donors (Lipinski definition) is 0. The second-order valence-corrected chi connectivity index (χ2v) is 6.16. The van der Waals surface area contributed by atoms with Crippen molar-refractivity contribution in [1.82, 2.24) is 0 Å². The van der Waals surface area contributed by atoms with Crippen molar-refractivity contribution in [2.45, 2.75) is 0 Å². The minimum Gasteiger partial charge on any atom is -0.457 e. The number of benzene rings is 1. The summed E-state index contributed by atoms with van der Waals surface area (Å²) in [5.41, 5.74) is 1.26. The first kappa shape index (κ1) is 12.1. The summed E-state index contributed by atoms with van der Waals surface area (Å²) in [6.07, 6.45) is 1.50. The highest BCUT2D eigenvalue weighted by atomic mass is 79.9. The van der Waals surface area contributed by atoms with Gasteiger partial charge in [0.25, 0.3) is 0 Å². The summed E-state index contributed by atoms with van der Waals surface area (Å²) in [5, 5.41) is 2.85. The Hall–Kier alpha value is -0.910. The normalized spacial score (nSPS) is 11.0. The zero-order valence-electron chi connectivity index (χ0n) is 8.94. The molecule has 0 N–H and O–H groups in total. The van der Waals surface area contributed by atoms with E-state index in [1.807, 2.05) is 23.6 Å². The molecule has 0 fully saturated rings. The van der Waals surface area contributed by atoms with Gasteiger partial charge in [-0.05, 0) is 44.0 Å². The third kappa shape index (κ3) is 1.86. The Kier molecular flexibility index (Phi) is 3.13. The number of fused-ring (bicyclic) bond motifs is 1. The van der Waals surface area contributed by atoms with Crippen LogP contribution in [0.3, 0.4) is 0 Å². The smallest absolute Gasteiger partial charge is 0.198 e. The van der Waals surface area contributed by atoms with E-state index >= 15 is 0 Å². The van der Waals surface area contributed by atoms with Crippen molar-refractivity contribution in [2.75, 3.05) is 0 Å². The topological polar surface area (TPSA) is 30.2 Å². The van der Waals surface area contributed by atoms with Crippen LogP contribution in [0.25, 0.3) is 10.1 Å². The van der Waals surface area contributed by atoms with Crippen LogP contribution in [0, 0.1) is 0 Å². The lowest BCUT2D eigenvalue weighted by molar-refractivity contribution is 0.103. The number of halogens is 2. The average molecular weight is 386 g/mol. The summed E-state index contributed by atoms with van der Waals surface area (Å²) >= 11 is 8.29. The fourth-order valence-electron chi connectivity index (χ4n) is 1.80. The predicted octanol–water partition coefficient (Wildman–Crippen LogP) is 5.25. The van der Waals surface area contributed by atoms with E-state index in [9.17, 15) is 4.79 Å². The Morgan fingerprint density at radius 3 is 2.72 bits per heavy atom. The lowest BCUT2D eigenvalue weighted by atomic mass is 10.1. The quantitative estimate of drug-likeness (QED) is 0.564. The molecule has 0 atom stereocenters. The molecule has 0 unspecified atom stereocenters. The molecule has 3 rings (SSSR count). The third-order valence-electron chi connectivity index (χ3n) is 2.66. The Labute approximate surface area is 124 Å². The van der Waals surface area contributed by atoms with Gasteiger partial charge >= 0.3 is 0 Å². The molecule has 0 bridgehead atoms. The van der Waals surface area contributed by atoms with E-state index in [0.717, 1.165) is 14.6 Å². The molecule has 0 aliphatic carbocycles. The molecule has 2 aromatic heterocycles. The molecule has 18 heavy (non-hydrogen) atoms. The lowest BCUT2D eigenvalue weighted by Crippen LogP contribution is -1.99.